The maximum Gasteiger partial charge on any atom is 0.254 e. The Morgan fingerprint density at radius 3 is 2.52 bits per heavy atom. The molecule has 0 aliphatic rings. The van der Waals surface area contributed by atoms with Crippen molar-refractivity contribution >= 4 is 27.3 Å². The van der Waals surface area contributed by atoms with Gasteiger partial charge in [-0.25, -0.2) is 13.4 Å². The van der Waals surface area contributed by atoms with Gasteiger partial charge in [-0.05, 0) is 37.6 Å². The normalized spacial score (nSPS) is 11.7. The van der Waals surface area contributed by atoms with Crippen molar-refractivity contribution in [1.82, 2.24) is 14.5 Å². The zero-order valence-electron chi connectivity index (χ0n) is 18.9. The van der Waals surface area contributed by atoms with Crippen LogP contribution in [0.25, 0.3) is 0 Å². The van der Waals surface area contributed by atoms with Crippen molar-refractivity contribution < 1.29 is 17.9 Å². The van der Waals surface area contributed by atoms with Gasteiger partial charge in [-0.1, -0.05) is 48.0 Å². The van der Waals surface area contributed by atoms with Crippen LogP contribution in [0.5, 0.6) is 0 Å². The van der Waals surface area contributed by atoms with E-state index in [1.807, 2.05) is 19.9 Å². The van der Waals surface area contributed by atoms with Crippen LogP contribution in [0.1, 0.15) is 35.5 Å². The summed E-state index contributed by atoms with van der Waals surface area (Å²) in [7, 11) is -2.16. The molecule has 33 heavy (non-hydrogen) atoms. The van der Waals surface area contributed by atoms with Gasteiger partial charge in [-0.15, -0.1) is 0 Å². The van der Waals surface area contributed by atoms with Gasteiger partial charge >= 0.3 is 0 Å². The number of hydrogen-bond donors (Lipinski definition) is 0. The Kier molecular flexibility index (Phi) is 8.29. The van der Waals surface area contributed by atoms with Gasteiger partial charge in [-0.2, -0.15) is 0 Å². The van der Waals surface area contributed by atoms with Crippen molar-refractivity contribution in [1.29, 1.82) is 0 Å². The number of carbonyl (C=O) groups excluding carboxylic acids is 1. The standard InChI is InChI=1S/C24H28ClN3O4S/c1-18(2)28(23(29)20-10-7-11-21(25)14-20)16-22-15-26-24(27(22)12-13-32-3)33(30,31)17-19-8-5-4-6-9-19/h4-11,14-15,18H,12-13,16-17H2,1-3H3. The summed E-state index contributed by atoms with van der Waals surface area (Å²) < 4.78 is 33.2. The molecule has 3 aromatic rings. The maximum atomic E-state index is 13.2. The molecule has 2 aromatic carbocycles. The second-order valence-corrected chi connectivity index (χ2v) is 10.3. The van der Waals surface area contributed by atoms with E-state index in [-0.39, 0.29) is 29.4 Å². The predicted octanol–water partition coefficient (Wildman–Crippen LogP) is 4.21. The second-order valence-electron chi connectivity index (χ2n) is 7.96. The lowest BCUT2D eigenvalue weighted by Crippen LogP contribution is -2.37. The van der Waals surface area contributed by atoms with Gasteiger partial charge in [0.05, 0.1) is 30.8 Å². The van der Waals surface area contributed by atoms with Crippen LogP contribution in [0.2, 0.25) is 5.02 Å². The third-order valence-electron chi connectivity index (χ3n) is 5.19. The second kappa shape index (κ2) is 11.0. The molecule has 7 nitrogen and oxygen atoms in total. The van der Waals surface area contributed by atoms with E-state index >= 15 is 0 Å². The van der Waals surface area contributed by atoms with Gasteiger partial charge in [0.2, 0.25) is 15.0 Å². The van der Waals surface area contributed by atoms with Gasteiger partial charge in [0.25, 0.3) is 5.91 Å². The maximum absolute atomic E-state index is 13.2. The van der Waals surface area contributed by atoms with Crippen LogP contribution in [0, 0.1) is 0 Å². The minimum atomic E-state index is -3.71. The van der Waals surface area contributed by atoms with Crippen LogP contribution in [0.3, 0.4) is 0 Å². The Morgan fingerprint density at radius 1 is 1.15 bits per heavy atom. The number of hydrogen-bond acceptors (Lipinski definition) is 5. The monoisotopic (exact) mass is 489 g/mol. The number of halogens is 1. The Labute approximate surface area is 199 Å². The zero-order chi connectivity index (χ0) is 24.0. The largest absolute Gasteiger partial charge is 0.383 e. The molecule has 9 heteroatoms. The van der Waals surface area contributed by atoms with Crippen molar-refractivity contribution in [2.45, 2.75) is 43.9 Å². The molecule has 1 heterocycles. The van der Waals surface area contributed by atoms with E-state index in [0.717, 1.165) is 0 Å². The SMILES string of the molecule is COCCn1c(CN(C(=O)c2cccc(Cl)c2)C(C)C)cnc1S(=O)(=O)Cc1ccccc1. The van der Waals surface area contributed by atoms with Crippen molar-refractivity contribution in [3.05, 3.63) is 82.6 Å². The molecular formula is C24H28ClN3O4S. The number of methoxy groups -OCH3 is 1. The Hall–Kier alpha value is -2.68. The number of imidazole rings is 1. The fraction of sp³-hybridized carbons (Fsp3) is 0.333. The van der Waals surface area contributed by atoms with Gasteiger partial charge in [0.15, 0.2) is 0 Å². The third kappa shape index (κ3) is 6.22. The van der Waals surface area contributed by atoms with E-state index in [4.69, 9.17) is 16.3 Å². The Morgan fingerprint density at radius 2 is 1.88 bits per heavy atom. The number of ether oxygens (including phenoxy) is 1. The number of rotatable bonds is 10. The van der Waals surface area contributed by atoms with E-state index in [9.17, 15) is 13.2 Å². The number of benzene rings is 2. The van der Waals surface area contributed by atoms with Crippen molar-refractivity contribution in [3.63, 3.8) is 0 Å². The van der Waals surface area contributed by atoms with Crippen molar-refractivity contribution in [3.8, 4) is 0 Å². The summed E-state index contributed by atoms with van der Waals surface area (Å²) in [5, 5.41) is 0.446. The molecule has 1 aromatic heterocycles. The van der Waals surface area contributed by atoms with Crippen molar-refractivity contribution in [2.24, 2.45) is 0 Å². The molecule has 0 saturated carbocycles. The number of aromatic nitrogens is 2. The van der Waals surface area contributed by atoms with E-state index in [1.54, 1.807) is 65.1 Å². The molecule has 0 unspecified atom stereocenters. The number of nitrogens with zero attached hydrogens (tertiary/aromatic N) is 3. The van der Waals surface area contributed by atoms with E-state index in [0.29, 0.717) is 35.0 Å². The van der Waals surface area contributed by atoms with E-state index < -0.39 is 9.84 Å². The molecule has 0 aliphatic carbocycles. The summed E-state index contributed by atoms with van der Waals surface area (Å²) in [5.74, 6) is -0.354. The topological polar surface area (TPSA) is 81.5 Å². The first-order valence-corrected chi connectivity index (χ1v) is 12.6. The van der Waals surface area contributed by atoms with Crippen LogP contribution in [0.4, 0.5) is 0 Å². The van der Waals surface area contributed by atoms with Crippen LogP contribution < -0.4 is 0 Å². The lowest BCUT2D eigenvalue weighted by Gasteiger charge is -2.27. The zero-order valence-corrected chi connectivity index (χ0v) is 20.5. The number of sulfone groups is 1. The van der Waals surface area contributed by atoms with Crippen LogP contribution in [-0.4, -0.2) is 48.5 Å². The highest BCUT2D eigenvalue weighted by Crippen LogP contribution is 2.21. The van der Waals surface area contributed by atoms with Gasteiger partial charge in [-0.3, -0.25) is 4.79 Å². The number of carbonyl (C=O) groups is 1. The lowest BCUT2D eigenvalue weighted by atomic mass is 10.1. The predicted molar refractivity (Wildman–Crippen MR) is 128 cm³/mol. The average molecular weight is 490 g/mol. The van der Waals surface area contributed by atoms with E-state index in [2.05, 4.69) is 4.98 Å². The molecular weight excluding hydrogens is 462 g/mol. The molecule has 0 spiro atoms. The first-order chi connectivity index (χ1) is 15.7. The molecule has 0 bridgehead atoms. The molecule has 176 valence electrons. The average Bonchev–Trinajstić information content (AvgIpc) is 3.19. The highest BCUT2D eigenvalue weighted by Gasteiger charge is 2.27. The van der Waals surface area contributed by atoms with Crippen LogP contribution in [-0.2, 0) is 33.4 Å². The van der Waals surface area contributed by atoms with Crippen molar-refractivity contribution in [2.75, 3.05) is 13.7 Å². The molecule has 0 fully saturated rings. The summed E-state index contributed by atoms with van der Waals surface area (Å²) in [5.41, 5.74) is 1.76. The smallest absolute Gasteiger partial charge is 0.254 e. The fourth-order valence-electron chi connectivity index (χ4n) is 3.50. The van der Waals surface area contributed by atoms with Crippen LogP contribution >= 0.6 is 11.6 Å². The highest BCUT2D eigenvalue weighted by atomic mass is 35.5. The molecule has 0 N–H and O–H groups in total. The van der Waals surface area contributed by atoms with Gasteiger partial charge in [0.1, 0.15) is 0 Å². The minimum absolute atomic E-state index is 0.0303. The number of amides is 1. The summed E-state index contributed by atoms with van der Waals surface area (Å²) >= 11 is 6.07. The summed E-state index contributed by atoms with van der Waals surface area (Å²) in [6.07, 6.45) is 1.52. The molecule has 1 amide bonds. The van der Waals surface area contributed by atoms with Gasteiger partial charge < -0.3 is 14.2 Å². The first-order valence-electron chi connectivity index (χ1n) is 10.6. The van der Waals surface area contributed by atoms with Crippen LogP contribution in [0.15, 0.2) is 66.0 Å². The highest BCUT2D eigenvalue weighted by molar-refractivity contribution is 7.90. The molecule has 0 aliphatic heterocycles. The minimum Gasteiger partial charge on any atom is -0.383 e. The quantitative estimate of drug-likeness (QED) is 0.426. The Balaban J connectivity index is 1.94. The lowest BCUT2D eigenvalue weighted by molar-refractivity contribution is 0.0684. The van der Waals surface area contributed by atoms with E-state index in [1.165, 1.54) is 6.20 Å². The molecule has 3 rings (SSSR count). The Bertz CT molecular complexity index is 1190. The van der Waals surface area contributed by atoms with Gasteiger partial charge in [0, 0.05) is 30.3 Å². The summed E-state index contributed by atoms with van der Waals surface area (Å²) in [6, 6.07) is 15.6. The molecule has 0 atom stereocenters. The summed E-state index contributed by atoms with van der Waals surface area (Å²) in [6.45, 7) is 4.62. The fourth-order valence-corrected chi connectivity index (χ4v) is 5.21. The first kappa shape index (κ1) is 25.0. The molecule has 0 saturated heterocycles. The molecule has 0 radical (unpaired) electrons. The third-order valence-corrected chi connectivity index (χ3v) is 7.02. The summed E-state index contributed by atoms with van der Waals surface area (Å²) in [4.78, 5) is 19.1.